The summed E-state index contributed by atoms with van der Waals surface area (Å²) in [6.07, 6.45) is 0.835. The fourth-order valence-corrected chi connectivity index (χ4v) is 2.22. The summed E-state index contributed by atoms with van der Waals surface area (Å²) < 4.78 is 5.71. The van der Waals surface area contributed by atoms with Crippen LogP contribution in [0.25, 0.3) is 0 Å². The molecule has 4 N–H and O–H groups in total. The highest BCUT2D eigenvalue weighted by molar-refractivity contribution is 5.41. The Morgan fingerprint density at radius 2 is 1.85 bits per heavy atom. The molecule has 0 fully saturated rings. The normalized spacial score (nSPS) is 12.2. The van der Waals surface area contributed by atoms with Gasteiger partial charge in [-0.05, 0) is 29.7 Å². The van der Waals surface area contributed by atoms with Crippen LogP contribution < -0.4 is 16.2 Å². The zero-order chi connectivity index (χ0) is 14.4. The lowest BCUT2D eigenvalue weighted by atomic mass is 9.99. The minimum absolute atomic E-state index is 0.125. The first kappa shape index (κ1) is 14.6. The van der Waals surface area contributed by atoms with E-state index in [9.17, 15) is 0 Å². The number of nitrogens with two attached hydrogens (primary N) is 2. The smallest absolute Gasteiger partial charge is 0.122 e. The van der Waals surface area contributed by atoms with E-state index >= 15 is 0 Å². The molecule has 2 aromatic rings. The van der Waals surface area contributed by atoms with Gasteiger partial charge in [0.05, 0.1) is 6.61 Å². The molecule has 0 bridgehead atoms. The van der Waals surface area contributed by atoms with Crippen molar-refractivity contribution in [2.24, 2.45) is 11.5 Å². The maximum absolute atomic E-state index is 6.01. The molecule has 0 aromatic heterocycles. The molecule has 0 radical (unpaired) electrons. The summed E-state index contributed by atoms with van der Waals surface area (Å²) in [7, 11) is 0. The van der Waals surface area contributed by atoms with Crippen molar-refractivity contribution in [1.29, 1.82) is 0 Å². The molecule has 0 saturated carbocycles. The van der Waals surface area contributed by atoms with Gasteiger partial charge in [0, 0.05) is 19.0 Å². The zero-order valence-electron chi connectivity index (χ0n) is 11.9. The molecule has 1 unspecified atom stereocenters. The maximum Gasteiger partial charge on any atom is 0.122 e. The van der Waals surface area contributed by atoms with E-state index in [4.69, 9.17) is 16.2 Å². The van der Waals surface area contributed by atoms with Crippen molar-refractivity contribution in [2.75, 3.05) is 13.2 Å². The van der Waals surface area contributed by atoms with E-state index in [-0.39, 0.29) is 6.04 Å². The molecule has 0 aliphatic heterocycles. The molecule has 106 valence electrons. The summed E-state index contributed by atoms with van der Waals surface area (Å²) in [6, 6.07) is 16.3. The van der Waals surface area contributed by atoms with E-state index in [0.29, 0.717) is 13.2 Å². The molecule has 0 saturated heterocycles. The Morgan fingerprint density at radius 1 is 1.10 bits per heavy atom. The summed E-state index contributed by atoms with van der Waals surface area (Å²) in [6.45, 7) is 3.09. The fraction of sp³-hybridized carbons (Fsp3) is 0.294. The third-order valence-electron chi connectivity index (χ3n) is 3.30. The van der Waals surface area contributed by atoms with Crippen LogP contribution in [0.5, 0.6) is 5.75 Å². The molecule has 1 atom stereocenters. The van der Waals surface area contributed by atoms with Crippen LogP contribution in [-0.2, 0) is 6.42 Å². The molecule has 0 spiro atoms. The van der Waals surface area contributed by atoms with Crippen LogP contribution in [0.15, 0.2) is 48.5 Å². The highest BCUT2D eigenvalue weighted by atomic mass is 16.5. The van der Waals surface area contributed by atoms with Crippen molar-refractivity contribution < 1.29 is 4.74 Å². The lowest BCUT2D eigenvalue weighted by molar-refractivity contribution is 0.337. The van der Waals surface area contributed by atoms with Gasteiger partial charge in [-0.15, -0.1) is 0 Å². The van der Waals surface area contributed by atoms with E-state index in [2.05, 4.69) is 18.2 Å². The number of hydrogen-bond acceptors (Lipinski definition) is 3. The highest BCUT2D eigenvalue weighted by Gasteiger charge is 2.10. The zero-order valence-corrected chi connectivity index (χ0v) is 11.9. The van der Waals surface area contributed by atoms with Gasteiger partial charge in [0.15, 0.2) is 0 Å². The van der Waals surface area contributed by atoms with Gasteiger partial charge in [0.1, 0.15) is 5.75 Å². The predicted octanol–water partition coefficient (Wildman–Crippen LogP) is 2.63. The third-order valence-corrected chi connectivity index (χ3v) is 3.30. The van der Waals surface area contributed by atoms with Crippen LogP contribution in [0.2, 0.25) is 0 Å². The molecule has 0 aliphatic carbocycles. The van der Waals surface area contributed by atoms with E-state index in [1.807, 2.05) is 37.3 Å². The van der Waals surface area contributed by atoms with Crippen LogP contribution in [0.3, 0.4) is 0 Å². The van der Waals surface area contributed by atoms with Crippen molar-refractivity contribution in [3.05, 3.63) is 65.2 Å². The van der Waals surface area contributed by atoms with Crippen LogP contribution in [0, 0.1) is 0 Å². The van der Waals surface area contributed by atoms with Crippen LogP contribution >= 0.6 is 0 Å². The van der Waals surface area contributed by atoms with Crippen molar-refractivity contribution >= 4 is 0 Å². The van der Waals surface area contributed by atoms with E-state index in [0.717, 1.165) is 23.3 Å². The first-order valence-electron chi connectivity index (χ1n) is 6.99. The number of rotatable bonds is 6. The predicted molar refractivity (Wildman–Crippen MR) is 82.8 cm³/mol. The lowest BCUT2D eigenvalue weighted by Gasteiger charge is -2.15. The third kappa shape index (κ3) is 3.59. The van der Waals surface area contributed by atoms with E-state index in [1.54, 1.807) is 0 Å². The van der Waals surface area contributed by atoms with Gasteiger partial charge in [-0.3, -0.25) is 0 Å². The van der Waals surface area contributed by atoms with Crippen molar-refractivity contribution in [2.45, 2.75) is 19.4 Å². The van der Waals surface area contributed by atoms with Crippen molar-refractivity contribution in [1.82, 2.24) is 0 Å². The van der Waals surface area contributed by atoms with Gasteiger partial charge in [0.25, 0.3) is 0 Å². The molecular weight excluding hydrogens is 248 g/mol. The van der Waals surface area contributed by atoms with Crippen molar-refractivity contribution in [3.8, 4) is 5.75 Å². The molecule has 0 aliphatic rings. The van der Waals surface area contributed by atoms with Gasteiger partial charge >= 0.3 is 0 Å². The summed E-state index contributed by atoms with van der Waals surface area (Å²) in [5, 5.41) is 0. The quantitative estimate of drug-likeness (QED) is 0.848. The second-order valence-corrected chi connectivity index (χ2v) is 4.80. The lowest BCUT2D eigenvalue weighted by Crippen LogP contribution is -2.20. The molecule has 0 amide bonds. The molecular formula is C17H22N2O. The molecule has 0 heterocycles. The number of hydrogen-bond donors (Lipinski definition) is 2. The minimum atomic E-state index is -0.125. The first-order valence-corrected chi connectivity index (χ1v) is 6.99. The average Bonchev–Trinajstić information content (AvgIpc) is 2.49. The second-order valence-electron chi connectivity index (χ2n) is 4.80. The Kier molecular flexibility index (Phi) is 5.16. The molecule has 20 heavy (non-hydrogen) atoms. The van der Waals surface area contributed by atoms with Gasteiger partial charge < -0.3 is 16.2 Å². The summed E-state index contributed by atoms with van der Waals surface area (Å²) >= 11 is 0. The number of benzene rings is 2. The molecule has 3 heteroatoms. The standard InChI is InChI=1S/C17H22N2O/c1-2-20-17-9-8-14(16(19)12-18)11-15(17)10-13-6-4-3-5-7-13/h3-9,11,16H,2,10,12,18-19H2,1H3. The van der Waals surface area contributed by atoms with Crippen LogP contribution in [0.4, 0.5) is 0 Å². The minimum Gasteiger partial charge on any atom is -0.494 e. The Morgan fingerprint density at radius 3 is 2.50 bits per heavy atom. The molecule has 2 rings (SSSR count). The first-order chi connectivity index (χ1) is 9.74. The molecule has 2 aromatic carbocycles. The van der Waals surface area contributed by atoms with Crippen molar-refractivity contribution in [3.63, 3.8) is 0 Å². The van der Waals surface area contributed by atoms with Crippen LogP contribution in [0.1, 0.15) is 29.7 Å². The monoisotopic (exact) mass is 270 g/mol. The van der Waals surface area contributed by atoms with E-state index in [1.165, 1.54) is 5.56 Å². The topological polar surface area (TPSA) is 61.3 Å². The Balaban J connectivity index is 2.31. The second kappa shape index (κ2) is 7.08. The Hall–Kier alpha value is -1.84. The Labute approximate surface area is 120 Å². The van der Waals surface area contributed by atoms with Gasteiger partial charge in [-0.25, -0.2) is 0 Å². The van der Waals surface area contributed by atoms with E-state index < -0.39 is 0 Å². The van der Waals surface area contributed by atoms with Gasteiger partial charge in [0.2, 0.25) is 0 Å². The van der Waals surface area contributed by atoms with Gasteiger partial charge in [-0.2, -0.15) is 0 Å². The Bertz CT molecular complexity index is 540. The number of ether oxygens (including phenoxy) is 1. The highest BCUT2D eigenvalue weighted by Crippen LogP contribution is 2.25. The summed E-state index contributed by atoms with van der Waals surface area (Å²) in [5.74, 6) is 0.921. The largest absolute Gasteiger partial charge is 0.494 e. The summed E-state index contributed by atoms with van der Waals surface area (Å²) in [4.78, 5) is 0. The molecule has 3 nitrogen and oxygen atoms in total. The summed E-state index contributed by atoms with van der Waals surface area (Å²) in [5.41, 5.74) is 15.1. The average molecular weight is 270 g/mol. The SMILES string of the molecule is CCOc1ccc(C(N)CN)cc1Cc1ccccc1. The fourth-order valence-electron chi connectivity index (χ4n) is 2.22. The van der Waals surface area contributed by atoms with Crippen LogP contribution in [-0.4, -0.2) is 13.2 Å². The maximum atomic E-state index is 6.01. The van der Waals surface area contributed by atoms with Gasteiger partial charge in [-0.1, -0.05) is 42.5 Å².